The van der Waals surface area contributed by atoms with Crippen molar-refractivity contribution < 1.29 is 9.90 Å². The van der Waals surface area contributed by atoms with Gasteiger partial charge in [-0.25, -0.2) is 4.79 Å². The van der Waals surface area contributed by atoms with Gasteiger partial charge in [-0.3, -0.25) is 0 Å². The van der Waals surface area contributed by atoms with Gasteiger partial charge in [-0.2, -0.15) is 0 Å². The largest absolute Gasteiger partial charge is 0.478 e. The molecule has 0 heterocycles. The van der Waals surface area contributed by atoms with Crippen molar-refractivity contribution in [3.8, 4) is 0 Å². The van der Waals surface area contributed by atoms with E-state index >= 15 is 0 Å². The van der Waals surface area contributed by atoms with E-state index in [9.17, 15) is 9.90 Å². The number of nitrogens with zero attached hydrogens (tertiary/aromatic N) is 1. The maximum Gasteiger partial charge on any atom is 0.337 e. The fourth-order valence-electron chi connectivity index (χ4n) is 4.29. The summed E-state index contributed by atoms with van der Waals surface area (Å²) in [5, 5.41) is 9.58. The van der Waals surface area contributed by atoms with Gasteiger partial charge in [0.1, 0.15) is 0 Å². The van der Waals surface area contributed by atoms with Crippen molar-refractivity contribution in [2.24, 2.45) is 0 Å². The third-order valence-electron chi connectivity index (χ3n) is 5.35. The number of carbonyl (C=O) groups is 1. The van der Waals surface area contributed by atoms with E-state index in [1.165, 1.54) is 64.2 Å². The molecule has 3 heteroatoms. The fraction of sp³-hybridized carbons (Fsp3) is 0.632. The Morgan fingerprint density at radius 1 is 0.864 bits per heavy atom. The van der Waals surface area contributed by atoms with Crippen LogP contribution < -0.4 is 4.90 Å². The first-order chi connectivity index (χ1) is 10.8. The third kappa shape index (κ3) is 3.29. The second kappa shape index (κ2) is 7.17. The summed E-state index contributed by atoms with van der Waals surface area (Å²) in [6.45, 7) is 0. The molecule has 22 heavy (non-hydrogen) atoms. The number of aromatic carboxylic acids is 1. The maximum atomic E-state index is 11.7. The number of hydrogen-bond donors (Lipinski definition) is 1. The molecular formula is C19H27NO2. The quantitative estimate of drug-likeness (QED) is 0.863. The highest BCUT2D eigenvalue weighted by atomic mass is 16.4. The van der Waals surface area contributed by atoms with Crippen LogP contribution in [0.15, 0.2) is 24.3 Å². The predicted molar refractivity (Wildman–Crippen MR) is 89.6 cm³/mol. The van der Waals surface area contributed by atoms with Crippen LogP contribution in [-0.4, -0.2) is 23.2 Å². The van der Waals surface area contributed by atoms with Crippen molar-refractivity contribution in [3.05, 3.63) is 29.8 Å². The summed E-state index contributed by atoms with van der Waals surface area (Å²) in [6, 6.07) is 8.66. The van der Waals surface area contributed by atoms with Crippen LogP contribution in [-0.2, 0) is 0 Å². The second-order valence-corrected chi connectivity index (χ2v) is 6.81. The molecule has 3 rings (SSSR count). The molecule has 0 aliphatic heterocycles. The number of anilines is 1. The van der Waals surface area contributed by atoms with Gasteiger partial charge in [0.2, 0.25) is 0 Å². The number of hydrogen-bond acceptors (Lipinski definition) is 2. The van der Waals surface area contributed by atoms with Gasteiger partial charge in [-0.1, -0.05) is 50.7 Å². The third-order valence-corrected chi connectivity index (χ3v) is 5.35. The zero-order chi connectivity index (χ0) is 15.4. The molecule has 0 saturated heterocycles. The van der Waals surface area contributed by atoms with Gasteiger partial charge >= 0.3 is 5.97 Å². The fourth-order valence-corrected chi connectivity index (χ4v) is 4.29. The molecule has 0 atom stereocenters. The first-order valence-corrected chi connectivity index (χ1v) is 8.88. The van der Waals surface area contributed by atoms with Crippen molar-refractivity contribution in [2.45, 2.75) is 76.3 Å². The molecule has 1 aromatic carbocycles. The minimum absolute atomic E-state index is 0.471. The zero-order valence-electron chi connectivity index (χ0n) is 13.3. The minimum Gasteiger partial charge on any atom is -0.478 e. The van der Waals surface area contributed by atoms with Gasteiger partial charge in [0.25, 0.3) is 0 Å². The molecular weight excluding hydrogens is 274 g/mol. The summed E-state index contributed by atoms with van der Waals surface area (Å²) in [6.07, 6.45) is 12.6. The molecule has 1 aromatic rings. The van der Waals surface area contributed by atoms with Crippen molar-refractivity contribution in [2.75, 3.05) is 4.90 Å². The van der Waals surface area contributed by atoms with Crippen LogP contribution in [0.2, 0.25) is 0 Å². The second-order valence-electron chi connectivity index (χ2n) is 6.81. The summed E-state index contributed by atoms with van der Waals surface area (Å²) in [5.74, 6) is -0.799. The number of para-hydroxylation sites is 1. The molecule has 0 amide bonds. The Labute approximate surface area is 133 Å². The monoisotopic (exact) mass is 301 g/mol. The van der Waals surface area contributed by atoms with Gasteiger partial charge in [0, 0.05) is 12.1 Å². The Kier molecular flexibility index (Phi) is 5.01. The average molecular weight is 301 g/mol. The topological polar surface area (TPSA) is 40.5 Å². The molecule has 2 saturated carbocycles. The van der Waals surface area contributed by atoms with Crippen molar-refractivity contribution in [3.63, 3.8) is 0 Å². The molecule has 0 radical (unpaired) electrons. The van der Waals surface area contributed by atoms with Crippen molar-refractivity contribution in [1.82, 2.24) is 0 Å². The molecule has 0 bridgehead atoms. The predicted octanol–water partition coefficient (Wildman–Crippen LogP) is 4.86. The van der Waals surface area contributed by atoms with Gasteiger partial charge in [-0.05, 0) is 37.8 Å². The molecule has 2 aliphatic carbocycles. The van der Waals surface area contributed by atoms with Crippen LogP contribution >= 0.6 is 0 Å². The number of rotatable bonds is 4. The highest BCUT2D eigenvalue weighted by Crippen LogP contribution is 2.35. The molecule has 2 fully saturated rings. The van der Waals surface area contributed by atoms with Crippen LogP contribution in [0, 0.1) is 0 Å². The Balaban J connectivity index is 1.95. The Morgan fingerprint density at radius 2 is 1.36 bits per heavy atom. The maximum absolute atomic E-state index is 11.7. The van der Waals surface area contributed by atoms with Gasteiger partial charge in [-0.15, -0.1) is 0 Å². The normalized spacial score (nSPS) is 20.7. The molecule has 120 valence electrons. The highest BCUT2D eigenvalue weighted by Gasteiger charge is 2.31. The van der Waals surface area contributed by atoms with Gasteiger partial charge < -0.3 is 10.0 Å². The van der Waals surface area contributed by atoms with E-state index in [1.54, 1.807) is 6.07 Å². The smallest absolute Gasteiger partial charge is 0.337 e. The molecule has 0 spiro atoms. The molecule has 2 aliphatic rings. The van der Waals surface area contributed by atoms with E-state index in [0.29, 0.717) is 17.6 Å². The van der Waals surface area contributed by atoms with Crippen LogP contribution in [0.1, 0.15) is 74.6 Å². The lowest BCUT2D eigenvalue weighted by Crippen LogP contribution is -2.46. The summed E-state index contributed by atoms with van der Waals surface area (Å²) >= 11 is 0. The standard InChI is InChI=1S/C19H27NO2/c21-19(22)17-13-7-8-14-18(17)20(15-9-3-1-4-10-15)16-11-5-2-6-12-16/h7-8,13-16H,1-6,9-12H2,(H,21,22). The first kappa shape index (κ1) is 15.4. The highest BCUT2D eigenvalue weighted by molar-refractivity contribution is 5.94. The number of carboxylic acids is 1. The summed E-state index contributed by atoms with van der Waals surface area (Å²) in [5.41, 5.74) is 1.42. The van der Waals surface area contributed by atoms with E-state index in [1.807, 2.05) is 18.2 Å². The average Bonchev–Trinajstić information content (AvgIpc) is 2.57. The number of benzene rings is 1. The summed E-state index contributed by atoms with van der Waals surface area (Å²) in [7, 11) is 0. The lowest BCUT2D eigenvalue weighted by molar-refractivity contribution is 0.0697. The SMILES string of the molecule is O=C(O)c1ccccc1N(C1CCCCC1)C1CCCCC1. The molecule has 0 aromatic heterocycles. The van der Waals surface area contributed by atoms with Gasteiger partial charge in [0.05, 0.1) is 11.3 Å². The Hall–Kier alpha value is -1.51. The van der Waals surface area contributed by atoms with Crippen LogP contribution in [0.4, 0.5) is 5.69 Å². The van der Waals surface area contributed by atoms with Crippen LogP contribution in [0.3, 0.4) is 0 Å². The minimum atomic E-state index is -0.799. The molecule has 3 nitrogen and oxygen atoms in total. The van der Waals surface area contributed by atoms with Crippen molar-refractivity contribution in [1.29, 1.82) is 0 Å². The summed E-state index contributed by atoms with van der Waals surface area (Å²) < 4.78 is 0. The van der Waals surface area contributed by atoms with E-state index in [2.05, 4.69) is 4.90 Å². The van der Waals surface area contributed by atoms with Crippen LogP contribution in [0.5, 0.6) is 0 Å². The number of carboxylic acid groups (broad SMARTS) is 1. The van der Waals surface area contributed by atoms with E-state index in [-0.39, 0.29) is 0 Å². The molecule has 0 unspecified atom stereocenters. The van der Waals surface area contributed by atoms with Crippen LogP contribution in [0.25, 0.3) is 0 Å². The van der Waals surface area contributed by atoms with E-state index in [0.717, 1.165) is 5.69 Å². The lowest BCUT2D eigenvalue weighted by atomic mass is 9.87. The van der Waals surface area contributed by atoms with Gasteiger partial charge in [0.15, 0.2) is 0 Å². The lowest BCUT2D eigenvalue weighted by Gasteiger charge is -2.44. The Bertz CT molecular complexity index is 484. The molecule has 1 N–H and O–H groups in total. The summed E-state index contributed by atoms with van der Waals surface area (Å²) in [4.78, 5) is 14.2. The van der Waals surface area contributed by atoms with E-state index < -0.39 is 5.97 Å². The van der Waals surface area contributed by atoms with Crippen molar-refractivity contribution >= 4 is 11.7 Å². The Morgan fingerprint density at radius 3 is 1.86 bits per heavy atom. The van der Waals surface area contributed by atoms with E-state index in [4.69, 9.17) is 0 Å². The zero-order valence-corrected chi connectivity index (χ0v) is 13.3. The first-order valence-electron chi connectivity index (χ1n) is 8.88.